The highest BCUT2D eigenvalue weighted by Gasteiger charge is 2.58. The maximum absolute atomic E-state index is 10.7. The van der Waals surface area contributed by atoms with Crippen LogP contribution in [0.2, 0.25) is 0 Å². The first-order valence-corrected chi connectivity index (χ1v) is 8.71. The fraction of sp³-hybridized carbons (Fsp3) is 0.941. The normalized spacial score (nSPS) is 27.2. The van der Waals surface area contributed by atoms with Crippen LogP contribution in [0.1, 0.15) is 65.2 Å². The van der Waals surface area contributed by atoms with Crippen LogP contribution in [-0.4, -0.2) is 47.8 Å². The molecule has 2 rings (SSSR count). The maximum atomic E-state index is 10.7. The molecule has 21 heavy (non-hydrogen) atoms. The van der Waals surface area contributed by atoms with Gasteiger partial charge in [-0.1, -0.05) is 19.8 Å². The number of ether oxygens (including phenoxy) is 1. The van der Waals surface area contributed by atoms with Gasteiger partial charge in [-0.2, -0.15) is 0 Å². The summed E-state index contributed by atoms with van der Waals surface area (Å²) in [4.78, 5) is 13.3. The van der Waals surface area contributed by atoms with Crippen LogP contribution in [0, 0.1) is 5.41 Å². The van der Waals surface area contributed by atoms with Crippen molar-refractivity contribution in [2.75, 3.05) is 19.7 Å². The van der Waals surface area contributed by atoms with Crippen molar-refractivity contribution >= 4 is 5.97 Å². The van der Waals surface area contributed by atoms with Crippen molar-refractivity contribution in [1.82, 2.24) is 4.90 Å². The first-order chi connectivity index (χ1) is 10.1. The lowest BCUT2D eigenvalue weighted by atomic mass is 9.60. The Bertz CT molecular complexity index is 339. The molecule has 2 saturated carbocycles. The van der Waals surface area contributed by atoms with Crippen molar-refractivity contribution in [2.24, 2.45) is 5.41 Å². The van der Waals surface area contributed by atoms with E-state index in [2.05, 4.69) is 18.7 Å². The van der Waals surface area contributed by atoms with Gasteiger partial charge in [-0.05, 0) is 52.1 Å². The van der Waals surface area contributed by atoms with Gasteiger partial charge in [0.2, 0.25) is 0 Å². The lowest BCUT2D eigenvalue weighted by Gasteiger charge is -2.58. The Kier molecular flexibility index (Phi) is 6.06. The van der Waals surface area contributed by atoms with Gasteiger partial charge in [0, 0.05) is 24.5 Å². The summed E-state index contributed by atoms with van der Waals surface area (Å²) in [6, 6.07) is 0.616. The van der Waals surface area contributed by atoms with E-state index in [1.54, 1.807) is 0 Å². The first-order valence-electron chi connectivity index (χ1n) is 8.71. The van der Waals surface area contributed by atoms with Crippen LogP contribution in [0.4, 0.5) is 0 Å². The van der Waals surface area contributed by atoms with Crippen molar-refractivity contribution < 1.29 is 14.6 Å². The number of nitrogens with zero attached hydrogens (tertiary/aromatic N) is 1. The van der Waals surface area contributed by atoms with Crippen LogP contribution < -0.4 is 0 Å². The zero-order valence-electron chi connectivity index (χ0n) is 13.6. The molecule has 0 aromatic carbocycles. The van der Waals surface area contributed by atoms with E-state index in [0.717, 1.165) is 39.0 Å². The molecule has 4 nitrogen and oxygen atoms in total. The first kappa shape index (κ1) is 16.8. The summed E-state index contributed by atoms with van der Waals surface area (Å²) in [5, 5.41) is 8.84. The Morgan fingerprint density at radius 2 is 2.00 bits per heavy atom. The van der Waals surface area contributed by atoms with Crippen LogP contribution in [-0.2, 0) is 9.53 Å². The molecule has 2 aliphatic carbocycles. The Hall–Kier alpha value is -0.610. The van der Waals surface area contributed by atoms with Gasteiger partial charge >= 0.3 is 5.97 Å². The average molecular weight is 297 g/mol. The van der Waals surface area contributed by atoms with Gasteiger partial charge < -0.3 is 9.84 Å². The lowest BCUT2D eigenvalue weighted by Crippen LogP contribution is -2.64. The predicted octanol–water partition coefficient (Wildman–Crippen LogP) is 3.30. The molecule has 0 aromatic rings. The Labute approximate surface area is 128 Å². The summed E-state index contributed by atoms with van der Waals surface area (Å²) in [6.07, 6.45) is 9.01. The minimum Gasteiger partial charge on any atom is -0.481 e. The second-order valence-electron chi connectivity index (χ2n) is 6.67. The Morgan fingerprint density at radius 1 is 1.29 bits per heavy atom. The van der Waals surface area contributed by atoms with E-state index in [4.69, 9.17) is 9.84 Å². The molecular weight excluding hydrogens is 266 g/mol. The number of carboxylic acids is 1. The zero-order chi connectivity index (χ0) is 15.3. The second kappa shape index (κ2) is 7.59. The number of hydrogen-bond donors (Lipinski definition) is 1. The van der Waals surface area contributed by atoms with Crippen LogP contribution in [0.15, 0.2) is 0 Å². The van der Waals surface area contributed by atoms with Gasteiger partial charge in [-0.25, -0.2) is 0 Å². The van der Waals surface area contributed by atoms with E-state index in [9.17, 15) is 4.79 Å². The van der Waals surface area contributed by atoms with E-state index < -0.39 is 5.97 Å². The topological polar surface area (TPSA) is 49.8 Å². The highest BCUT2D eigenvalue weighted by atomic mass is 16.5. The molecule has 1 spiro atoms. The third-order valence-corrected chi connectivity index (χ3v) is 5.43. The minimum absolute atomic E-state index is 0.287. The van der Waals surface area contributed by atoms with Gasteiger partial charge in [0.1, 0.15) is 0 Å². The fourth-order valence-corrected chi connectivity index (χ4v) is 4.51. The summed E-state index contributed by atoms with van der Waals surface area (Å²) in [6.45, 7) is 7.12. The van der Waals surface area contributed by atoms with Crippen molar-refractivity contribution in [3.8, 4) is 0 Å². The summed E-state index contributed by atoms with van der Waals surface area (Å²) in [7, 11) is 0. The highest BCUT2D eigenvalue weighted by Crippen LogP contribution is 2.56. The summed E-state index contributed by atoms with van der Waals surface area (Å²) in [5.41, 5.74) is 0.369. The van der Waals surface area contributed by atoms with E-state index in [1.807, 2.05) is 0 Å². The summed E-state index contributed by atoms with van der Waals surface area (Å²) < 4.78 is 6.00. The number of carbonyl (C=O) groups is 1. The summed E-state index contributed by atoms with van der Waals surface area (Å²) >= 11 is 0. The number of rotatable bonds is 9. The number of aliphatic carboxylic acids is 1. The highest BCUT2D eigenvalue weighted by molar-refractivity contribution is 5.66. The Balaban J connectivity index is 1.97. The molecule has 4 heteroatoms. The van der Waals surface area contributed by atoms with Crippen molar-refractivity contribution in [1.29, 1.82) is 0 Å². The van der Waals surface area contributed by atoms with Gasteiger partial charge in [0.15, 0.2) is 0 Å². The second-order valence-corrected chi connectivity index (χ2v) is 6.67. The lowest BCUT2D eigenvalue weighted by molar-refractivity contribution is -0.165. The van der Waals surface area contributed by atoms with Crippen LogP contribution in [0.25, 0.3) is 0 Å². The molecular formula is C17H31NO3. The van der Waals surface area contributed by atoms with Crippen molar-refractivity contribution in [3.05, 3.63) is 0 Å². The average Bonchev–Trinajstić information content (AvgIpc) is 2.94. The SMILES string of the molecule is CCCN(CCCC(=O)O)C1CC(OCC)C12CCCC2. The van der Waals surface area contributed by atoms with Gasteiger partial charge in [0.25, 0.3) is 0 Å². The van der Waals surface area contributed by atoms with E-state index >= 15 is 0 Å². The molecule has 2 unspecified atom stereocenters. The smallest absolute Gasteiger partial charge is 0.303 e. The fourth-order valence-electron chi connectivity index (χ4n) is 4.51. The van der Waals surface area contributed by atoms with Crippen LogP contribution in [0.5, 0.6) is 0 Å². The predicted molar refractivity (Wildman–Crippen MR) is 83.5 cm³/mol. The molecule has 0 amide bonds. The summed E-state index contributed by atoms with van der Waals surface area (Å²) in [5.74, 6) is -0.678. The number of hydrogen-bond acceptors (Lipinski definition) is 3. The molecule has 2 fully saturated rings. The third-order valence-electron chi connectivity index (χ3n) is 5.43. The minimum atomic E-state index is -0.678. The van der Waals surface area contributed by atoms with Gasteiger partial charge in [-0.15, -0.1) is 0 Å². The third kappa shape index (κ3) is 3.59. The molecule has 0 saturated heterocycles. The van der Waals surface area contributed by atoms with Crippen LogP contribution in [0.3, 0.4) is 0 Å². The van der Waals surface area contributed by atoms with E-state index in [-0.39, 0.29) is 6.42 Å². The largest absolute Gasteiger partial charge is 0.481 e. The van der Waals surface area contributed by atoms with Crippen LogP contribution >= 0.6 is 0 Å². The zero-order valence-corrected chi connectivity index (χ0v) is 13.6. The van der Waals surface area contributed by atoms with Gasteiger partial charge in [-0.3, -0.25) is 9.69 Å². The molecule has 0 aliphatic heterocycles. The molecule has 0 radical (unpaired) electrons. The molecule has 2 aliphatic rings. The maximum Gasteiger partial charge on any atom is 0.303 e. The van der Waals surface area contributed by atoms with Gasteiger partial charge in [0.05, 0.1) is 6.10 Å². The molecule has 0 heterocycles. The Morgan fingerprint density at radius 3 is 2.57 bits per heavy atom. The van der Waals surface area contributed by atoms with E-state index in [1.165, 1.54) is 25.7 Å². The molecule has 0 bridgehead atoms. The molecule has 0 aromatic heterocycles. The quantitative estimate of drug-likeness (QED) is 0.709. The molecule has 1 N–H and O–H groups in total. The van der Waals surface area contributed by atoms with E-state index in [0.29, 0.717) is 17.6 Å². The molecule has 122 valence electrons. The van der Waals surface area contributed by atoms with Crippen molar-refractivity contribution in [3.63, 3.8) is 0 Å². The number of carboxylic acid groups (broad SMARTS) is 1. The van der Waals surface area contributed by atoms with Crippen molar-refractivity contribution in [2.45, 2.75) is 77.4 Å². The molecule has 2 atom stereocenters. The standard InChI is InChI=1S/C17H31NO3/c1-3-11-18(12-7-8-16(19)20)14-13-15(21-4-2)17(14)9-5-6-10-17/h14-15H,3-13H2,1-2H3,(H,19,20). The monoisotopic (exact) mass is 297 g/mol.